The predicted octanol–water partition coefficient (Wildman–Crippen LogP) is 5.89. The van der Waals surface area contributed by atoms with Gasteiger partial charge in [0.1, 0.15) is 0 Å². The van der Waals surface area contributed by atoms with E-state index in [9.17, 15) is 5.11 Å². The van der Waals surface area contributed by atoms with Crippen LogP contribution in [0, 0.1) is 52.3 Å². The van der Waals surface area contributed by atoms with Crippen molar-refractivity contribution in [1.29, 1.82) is 0 Å². The molecule has 0 bridgehead atoms. The third-order valence-electron chi connectivity index (χ3n) is 10.9. The van der Waals surface area contributed by atoms with E-state index in [1.165, 1.54) is 64.2 Å². The largest absolute Gasteiger partial charge is 0.393 e. The molecule has 4 rings (SSSR count). The van der Waals surface area contributed by atoms with Crippen molar-refractivity contribution in [2.75, 3.05) is 13.6 Å². The van der Waals surface area contributed by atoms with Crippen LogP contribution in [0.15, 0.2) is 0 Å². The molecule has 162 valence electrons. The van der Waals surface area contributed by atoms with Gasteiger partial charge in [-0.15, -0.1) is 0 Å². The van der Waals surface area contributed by atoms with Crippen LogP contribution in [0.25, 0.3) is 0 Å². The van der Waals surface area contributed by atoms with E-state index in [0.29, 0.717) is 22.7 Å². The molecule has 0 radical (unpaired) electrons. The number of fused-ring (bicyclic) bond motifs is 5. The summed E-state index contributed by atoms with van der Waals surface area (Å²) in [4.78, 5) is 0. The van der Waals surface area contributed by atoms with Crippen molar-refractivity contribution in [3.63, 3.8) is 0 Å². The third-order valence-corrected chi connectivity index (χ3v) is 10.9. The van der Waals surface area contributed by atoms with Gasteiger partial charge in [-0.25, -0.2) is 0 Å². The molecule has 0 aromatic heterocycles. The van der Waals surface area contributed by atoms with E-state index in [4.69, 9.17) is 0 Å². The summed E-state index contributed by atoms with van der Waals surface area (Å²) in [5, 5.41) is 15.1. The lowest BCUT2D eigenvalue weighted by molar-refractivity contribution is -0.194. The molecule has 0 spiro atoms. The Morgan fingerprint density at radius 2 is 1.71 bits per heavy atom. The molecule has 0 aliphatic heterocycles. The van der Waals surface area contributed by atoms with Crippen molar-refractivity contribution in [2.45, 2.75) is 98.0 Å². The number of rotatable bonds is 5. The molecule has 4 saturated carbocycles. The van der Waals surface area contributed by atoms with Crippen molar-refractivity contribution >= 4 is 0 Å². The summed E-state index contributed by atoms with van der Waals surface area (Å²) in [6.45, 7) is 11.3. The average molecular weight is 390 g/mol. The summed E-state index contributed by atoms with van der Waals surface area (Å²) in [6, 6.07) is 0. The van der Waals surface area contributed by atoms with Gasteiger partial charge in [0.25, 0.3) is 0 Å². The van der Waals surface area contributed by atoms with E-state index < -0.39 is 0 Å². The minimum absolute atomic E-state index is 0.0397. The third kappa shape index (κ3) is 3.03. The maximum absolute atomic E-state index is 11.7. The standard InChI is InChI=1S/C26H47NO/c1-6-18-20-9-7-8-14-25(20,3)22-12-15-26(4)19(17(2)13-16-27-5)10-11-21(26)23(22)24(18)28/h17-24,27-28H,6-16H2,1-5H3/t17-,18-,19?,20?,21?,22?,23?,24-,25?,26?/m1/s1. The monoisotopic (exact) mass is 389 g/mol. The maximum atomic E-state index is 11.7. The minimum atomic E-state index is -0.0397. The highest BCUT2D eigenvalue weighted by atomic mass is 16.3. The van der Waals surface area contributed by atoms with Crippen molar-refractivity contribution in [3.05, 3.63) is 0 Å². The molecule has 0 saturated heterocycles. The summed E-state index contributed by atoms with van der Waals surface area (Å²) < 4.78 is 0. The fourth-order valence-corrected chi connectivity index (χ4v) is 9.59. The van der Waals surface area contributed by atoms with Gasteiger partial charge in [-0.3, -0.25) is 0 Å². The molecule has 28 heavy (non-hydrogen) atoms. The first kappa shape index (κ1) is 21.2. The van der Waals surface area contributed by atoms with Crippen LogP contribution in [-0.4, -0.2) is 24.8 Å². The number of hydrogen-bond acceptors (Lipinski definition) is 2. The van der Waals surface area contributed by atoms with Crippen LogP contribution in [-0.2, 0) is 0 Å². The van der Waals surface area contributed by atoms with Crippen molar-refractivity contribution < 1.29 is 5.11 Å². The van der Waals surface area contributed by atoms with Crippen LogP contribution in [0.3, 0.4) is 0 Å². The van der Waals surface area contributed by atoms with Gasteiger partial charge in [-0.1, -0.05) is 47.0 Å². The number of aliphatic hydroxyl groups excluding tert-OH is 1. The van der Waals surface area contributed by atoms with Crippen LogP contribution in [0.1, 0.15) is 91.9 Å². The second kappa shape index (κ2) is 7.88. The Balaban J connectivity index is 1.63. The van der Waals surface area contributed by atoms with Crippen LogP contribution < -0.4 is 5.32 Å². The highest BCUT2D eigenvalue weighted by molar-refractivity contribution is 5.13. The highest BCUT2D eigenvalue weighted by Gasteiger charge is 2.64. The topological polar surface area (TPSA) is 32.3 Å². The van der Waals surface area contributed by atoms with Gasteiger partial charge in [0.05, 0.1) is 6.10 Å². The van der Waals surface area contributed by atoms with Gasteiger partial charge in [0.15, 0.2) is 0 Å². The zero-order chi connectivity index (χ0) is 20.1. The lowest BCUT2D eigenvalue weighted by Crippen LogP contribution is -2.61. The molecular weight excluding hydrogens is 342 g/mol. The molecule has 0 amide bonds. The summed E-state index contributed by atoms with van der Waals surface area (Å²) >= 11 is 0. The molecule has 2 heteroatoms. The van der Waals surface area contributed by atoms with Crippen LogP contribution in [0.2, 0.25) is 0 Å². The lowest BCUT2D eigenvalue weighted by Gasteiger charge is -2.64. The first-order valence-electron chi connectivity index (χ1n) is 12.7. The van der Waals surface area contributed by atoms with Gasteiger partial charge < -0.3 is 10.4 Å². The Kier molecular flexibility index (Phi) is 5.95. The molecule has 4 aliphatic carbocycles. The van der Waals surface area contributed by atoms with Gasteiger partial charge >= 0.3 is 0 Å². The van der Waals surface area contributed by atoms with E-state index in [1.54, 1.807) is 0 Å². The Labute approximate surface area is 174 Å². The fourth-order valence-electron chi connectivity index (χ4n) is 9.59. The Morgan fingerprint density at radius 1 is 0.964 bits per heavy atom. The van der Waals surface area contributed by atoms with Crippen molar-refractivity contribution in [3.8, 4) is 0 Å². The predicted molar refractivity (Wildman–Crippen MR) is 118 cm³/mol. The van der Waals surface area contributed by atoms with Crippen LogP contribution in [0.5, 0.6) is 0 Å². The second-order valence-electron chi connectivity index (χ2n) is 11.8. The average Bonchev–Trinajstić information content (AvgIpc) is 3.04. The van der Waals surface area contributed by atoms with Crippen LogP contribution >= 0.6 is 0 Å². The van der Waals surface area contributed by atoms with E-state index in [1.807, 2.05) is 0 Å². The van der Waals surface area contributed by atoms with Gasteiger partial charge in [0, 0.05) is 0 Å². The maximum Gasteiger partial charge on any atom is 0.0605 e. The summed E-state index contributed by atoms with van der Waals surface area (Å²) in [7, 11) is 2.08. The zero-order valence-corrected chi connectivity index (χ0v) is 19.3. The highest BCUT2D eigenvalue weighted by Crippen LogP contribution is 2.69. The molecule has 10 atom stereocenters. The number of hydrogen-bond donors (Lipinski definition) is 2. The Hall–Kier alpha value is -0.0800. The van der Waals surface area contributed by atoms with E-state index in [-0.39, 0.29) is 6.10 Å². The number of nitrogens with one attached hydrogen (secondary N) is 1. The summed E-state index contributed by atoms with van der Waals surface area (Å²) in [5.74, 6) is 5.10. The molecule has 7 unspecified atom stereocenters. The van der Waals surface area contributed by atoms with Gasteiger partial charge in [0.2, 0.25) is 0 Å². The fraction of sp³-hybridized carbons (Fsp3) is 1.00. The first-order valence-corrected chi connectivity index (χ1v) is 12.7. The quantitative estimate of drug-likeness (QED) is 0.614. The summed E-state index contributed by atoms with van der Waals surface area (Å²) in [6.07, 6.45) is 13.6. The van der Waals surface area contributed by atoms with E-state index in [0.717, 1.165) is 36.1 Å². The Morgan fingerprint density at radius 3 is 2.43 bits per heavy atom. The smallest absolute Gasteiger partial charge is 0.0605 e. The normalized spacial score (nSPS) is 51.9. The van der Waals surface area contributed by atoms with Crippen molar-refractivity contribution in [1.82, 2.24) is 5.32 Å². The molecule has 0 aromatic rings. The molecule has 0 heterocycles. The molecule has 2 N–H and O–H groups in total. The second-order valence-corrected chi connectivity index (χ2v) is 11.8. The van der Waals surface area contributed by atoms with Crippen molar-refractivity contribution in [2.24, 2.45) is 52.3 Å². The van der Waals surface area contributed by atoms with Crippen LogP contribution in [0.4, 0.5) is 0 Å². The van der Waals surface area contributed by atoms with Gasteiger partial charge in [-0.2, -0.15) is 0 Å². The minimum Gasteiger partial charge on any atom is -0.393 e. The molecule has 4 fully saturated rings. The Bertz CT molecular complexity index is 549. The van der Waals surface area contributed by atoms with E-state index in [2.05, 4.69) is 40.1 Å². The number of aliphatic hydroxyl groups is 1. The molecular formula is C26H47NO. The molecule has 2 nitrogen and oxygen atoms in total. The lowest BCUT2D eigenvalue weighted by atomic mass is 9.41. The van der Waals surface area contributed by atoms with E-state index >= 15 is 0 Å². The zero-order valence-electron chi connectivity index (χ0n) is 19.3. The molecule has 0 aromatic carbocycles. The van der Waals surface area contributed by atoms with Gasteiger partial charge in [-0.05, 0) is 111 Å². The summed E-state index contributed by atoms with van der Waals surface area (Å²) in [5.41, 5.74) is 0.964. The first-order chi connectivity index (χ1) is 13.4. The molecule has 4 aliphatic rings. The SMILES string of the molecule is CC[C@@H]1C2CCCCC2(C)C2CCC3(C)C(CCC3[C@H](C)CCNC)C2[C@@H]1O.